The summed E-state index contributed by atoms with van der Waals surface area (Å²) in [6.07, 6.45) is 0.608. The highest BCUT2D eigenvalue weighted by Gasteiger charge is 2.29. The van der Waals surface area contributed by atoms with E-state index in [1.807, 2.05) is 32.0 Å². The van der Waals surface area contributed by atoms with Crippen LogP contribution in [0.1, 0.15) is 42.5 Å². The molecule has 30 heavy (non-hydrogen) atoms. The fourth-order valence-electron chi connectivity index (χ4n) is 3.71. The van der Waals surface area contributed by atoms with Crippen LogP contribution >= 0.6 is 0 Å². The number of hydrogen-bond acceptors (Lipinski definition) is 5. The van der Waals surface area contributed by atoms with Gasteiger partial charge in [0.15, 0.2) is 0 Å². The predicted octanol–water partition coefficient (Wildman–Crippen LogP) is 3.56. The lowest BCUT2D eigenvalue weighted by Crippen LogP contribution is -2.38. The van der Waals surface area contributed by atoms with Crippen LogP contribution in [0.25, 0.3) is 10.9 Å². The zero-order valence-electron chi connectivity index (χ0n) is 18.0. The number of methoxy groups -OCH3 is 2. The second-order valence-corrected chi connectivity index (χ2v) is 6.93. The highest BCUT2D eigenvalue weighted by atomic mass is 16.5. The topological polar surface area (TPSA) is 73.7 Å². The molecule has 0 aliphatic carbocycles. The number of rotatable bonds is 7. The average Bonchev–Trinajstić information content (AvgIpc) is 2.79. The molecule has 0 fully saturated rings. The molecule has 0 aliphatic heterocycles. The van der Waals surface area contributed by atoms with E-state index in [0.29, 0.717) is 46.8 Å². The molecule has 0 aliphatic rings. The normalized spacial score (nSPS) is 11.9. The Morgan fingerprint density at radius 1 is 1.13 bits per heavy atom. The maximum atomic E-state index is 13.5. The molecule has 1 amide bonds. The van der Waals surface area contributed by atoms with Gasteiger partial charge >= 0.3 is 0 Å². The van der Waals surface area contributed by atoms with Crippen molar-refractivity contribution in [1.82, 2.24) is 14.5 Å². The third-order valence-corrected chi connectivity index (χ3v) is 5.32. The summed E-state index contributed by atoms with van der Waals surface area (Å²) in [6.45, 7) is 4.35. The van der Waals surface area contributed by atoms with Crippen LogP contribution in [0, 0.1) is 0 Å². The molecular formula is C23H27N3O4. The van der Waals surface area contributed by atoms with Crippen LogP contribution < -0.4 is 15.0 Å². The van der Waals surface area contributed by atoms with Crippen molar-refractivity contribution in [2.45, 2.75) is 26.3 Å². The molecule has 0 spiro atoms. The van der Waals surface area contributed by atoms with Crippen molar-refractivity contribution in [2.24, 2.45) is 7.05 Å². The molecule has 0 radical (unpaired) electrons. The third-order valence-electron chi connectivity index (χ3n) is 5.32. The zero-order valence-corrected chi connectivity index (χ0v) is 18.0. The van der Waals surface area contributed by atoms with E-state index in [9.17, 15) is 9.59 Å². The smallest absolute Gasteiger partial charge is 0.261 e. The second-order valence-electron chi connectivity index (χ2n) is 6.93. The Kier molecular flexibility index (Phi) is 6.40. The summed E-state index contributed by atoms with van der Waals surface area (Å²) in [7, 11) is 4.79. The Labute approximate surface area is 175 Å². The van der Waals surface area contributed by atoms with Gasteiger partial charge in [0.2, 0.25) is 0 Å². The van der Waals surface area contributed by atoms with Crippen LogP contribution in [0.4, 0.5) is 0 Å². The van der Waals surface area contributed by atoms with Gasteiger partial charge in [-0.2, -0.15) is 0 Å². The number of aromatic nitrogens is 2. The standard InChI is InChI=1S/C23H27N3O4/c1-6-19(21-24-18-11-9-8-10-16(18)22(27)25(21)3)26(7-2)23(28)17-13-12-15(29-4)14-20(17)30-5/h8-14,19H,6-7H2,1-5H3. The molecule has 1 atom stereocenters. The minimum absolute atomic E-state index is 0.125. The number of hydrogen-bond donors (Lipinski definition) is 0. The number of carbonyl (C=O) groups is 1. The van der Waals surface area contributed by atoms with E-state index in [2.05, 4.69) is 0 Å². The molecule has 1 heterocycles. The van der Waals surface area contributed by atoms with Gasteiger partial charge in [-0.25, -0.2) is 4.98 Å². The van der Waals surface area contributed by atoms with Crippen LogP contribution in [0.2, 0.25) is 0 Å². The summed E-state index contributed by atoms with van der Waals surface area (Å²) < 4.78 is 12.2. The van der Waals surface area contributed by atoms with Crippen LogP contribution in [-0.4, -0.2) is 41.1 Å². The molecule has 158 valence electrons. The highest BCUT2D eigenvalue weighted by Crippen LogP contribution is 2.30. The van der Waals surface area contributed by atoms with E-state index >= 15 is 0 Å². The molecule has 2 aromatic carbocycles. The Morgan fingerprint density at radius 2 is 1.87 bits per heavy atom. The van der Waals surface area contributed by atoms with Gasteiger partial charge in [-0.05, 0) is 37.6 Å². The van der Waals surface area contributed by atoms with Crippen LogP contribution in [0.15, 0.2) is 47.3 Å². The maximum absolute atomic E-state index is 13.5. The average molecular weight is 409 g/mol. The Bertz CT molecular complexity index is 1120. The first kappa shape index (κ1) is 21.4. The van der Waals surface area contributed by atoms with Crippen LogP contribution in [-0.2, 0) is 7.05 Å². The zero-order chi connectivity index (χ0) is 21.8. The number of benzene rings is 2. The lowest BCUT2D eigenvalue weighted by Gasteiger charge is -2.31. The Balaban J connectivity index is 2.09. The van der Waals surface area contributed by atoms with Gasteiger partial charge in [-0.1, -0.05) is 19.1 Å². The van der Waals surface area contributed by atoms with Crippen molar-refractivity contribution < 1.29 is 14.3 Å². The highest BCUT2D eigenvalue weighted by molar-refractivity contribution is 5.97. The number of carbonyl (C=O) groups excluding carboxylic acids is 1. The van der Waals surface area contributed by atoms with Crippen molar-refractivity contribution in [1.29, 1.82) is 0 Å². The number of ether oxygens (including phenoxy) is 2. The van der Waals surface area contributed by atoms with E-state index in [4.69, 9.17) is 14.5 Å². The number of para-hydroxylation sites is 1. The first-order chi connectivity index (χ1) is 14.5. The maximum Gasteiger partial charge on any atom is 0.261 e. The van der Waals surface area contributed by atoms with Gasteiger partial charge in [0.05, 0.1) is 36.7 Å². The summed E-state index contributed by atoms with van der Waals surface area (Å²) in [5.74, 6) is 1.42. The number of fused-ring (bicyclic) bond motifs is 1. The van der Waals surface area contributed by atoms with Gasteiger partial charge in [-0.15, -0.1) is 0 Å². The summed E-state index contributed by atoms with van der Waals surface area (Å²) in [5.41, 5.74) is 0.934. The van der Waals surface area contributed by atoms with Crippen molar-refractivity contribution in [2.75, 3.05) is 20.8 Å². The van der Waals surface area contributed by atoms with Gasteiger partial charge in [0.25, 0.3) is 11.5 Å². The fourth-order valence-corrected chi connectivity index (χ4v) is 3.71. The molecule has 7 nitrogen and oxygen atoms in total. The third kappa shape index (κ3) is 3.75. The van der Waals surface area contributed by atoms with Crippen molar-refractivity contribution in [3.63, 3.8) is 0 Å². The van der Waals surface area contributed by atoms with Crippen molar-refractivity contribution in [3.8, 4) is 11.5 Å². The molecule has 3 rings (SSSR count). The molecule has 1 unspecified atom stereocenters. The quantitative estimate of drug-likeness (QED) is 0.597. The van der Waals surface area contributed by atoms with Crippen LogP contribution in [0.3, 0.4) is 0 Å². The SMILES string of the molecule is CCC(c1nc2ccccc2c(=O)n1C)N(CC)C(=O)c1ccc(OC)cc1OC. The van der Waals surface area contributed by atoms with Gasteiger partial charge in [-0.3, -0.25) is 14.2 Å². The molecule has 7 heteroatoms. The van der Waals surface area contributed by atoms with Crippen molar-refractivity contribution >= 4 is 16.8 Å². The van der Waals surface area contributed by atoms with Crippen LogP contribution in [0.5, 0.6) is 11.5 Å². The summed E-state index contributed by atoms with van der Waals surface area (Å²) in [6, 6.07) is 12.0. The van der Waals surface area contributed by atoms with Gasteiger partial charge in [0.1, 0.15) is 17.3 Å². The molecular weight excluding hydrogens is 382 g/mol. The molecule has 0 saturated heterocycles. The minimum atomic E-state index is -0.364. The van der Waals surface area contributed by atoms with Crippen molar-refractivity contribution in [3.05, 3.63) is 64.2 Å². The second kappa shape index (κ2) is 8.98. The van der Waals surface area contributed by atoms with E-state index < -0.39 is 0 Å². The van der Waals surface area contributed by atoms with E-state index in [1.54, 1.807) is 43.3 Å². The molecule has 0 N–H and O–H groups in total. The fraction of sp³-hybridized carbons (Fsp3) is 0.348. The largest absolute Gasteiger partial charge is 0.497 e. The first-order valence-electron chi connectivity index (χ1n) is 9.95. The van der Waals surface area contributed by atoms with E-state index in [-0.39, 0.29) is 17.5 Å². The van der Waals surface area contributed by atoms with E-state index in [0.717, 1.165) is 0 Å². The van der Waals surface area contributed by atoms with Gasteiger partial charge in [0, 0.05) is 19.7 Å². The molecule has 1 aromatic heterocycles. The Morgan fingerprint density at radius 3 is 2.50 bits per heavy atom. The number of amides is 1. The minimum Gasteiger partial charge on any atom is -0.497 e. The Hall–Kier alpha value is -3.35. The first-order valence-corrected chi connectivity index (χ1v) is 9.95. The lowest BCUT2D eigenvalue weighted by molar-refractivity contribution is 0.0667. The molecule has 0 bridgehead atoms. The molecule has 3 aromatic rings. The lowest BCUT2D eigenvalue weighted by atomic mass is 10.1. The monoisotopic (exact) mass is 409 g/mol. The summed E-state index contributed by atoms with van der Waals surface area (Å²) >= 11 is 0. The summed E-state index contributed by atoms with van der Waals surface area (Å²) in [4.78, 5) is 32.8. The van der Waals surface area contributed by atoms with Gasteiger partial charge < -0.3 is 14.4 Å². The number of nitrogens with zero attached hydrogens (tertiary/aromatic N) is 3. The van der Waals surface area contributed by atoms with E-state index in [1.165, 1.54) is 11.7 Å². The molecule has 0 saturated carbocycles. The predicted molar refractivity (Wildman–Crippen MR) is 116 cm³/mol. The summed E-state index contributed by atoms with van der Waals surface area (Å²) in [5, 5.41) is 0.560.